The van der Waals surface area contributed by atoms with E-state index in [0.29, 0.717) is 5.56 Å². The van der Waals surface area contributed by atoms with E-state index in [4.69, 9.17) is 0 Å². The molecule has 2 heteroatoms. The summed E-state index contributed by atoms with van der Waals surface area (Å²) in [6.45, 7) is 0. The van der Waals surface area contributed by atoms with Crippen LogP contribution in [0.4, 0.5) is 0 Å². The van der Waals surface area contributed by atoms with E-state index >= 15 is 0 Å². The maximum atomic E-state index is 9.39. The van der Waals surface area contributed by atoms with E-state index in [9.17, 15) is 5.26 Å². The third-order valence-electron chi connectivity index (χ3n) is 7.33. The van der Waals surface area contributed by atoms with E-state index < -0.39 is 0 Å². The highest BCUT2D eigenvalue weighted by atomic mass is 14.7. The Morgan fingerprint density at radius 1 is 0.500 bits per heavy atom. The maximum absolute atomic E-state index is 9.39. The summed E-state index contributed by atoms with van der Waals surface area (Å²) in [6.07, 6.45) is 1.70. The van der Waals surface area contributed by atoms with Crippen LogP contribution in [0.25, 0.3) is 65.8 Å². The van der Waals surface area contributed by atoms with Gasteiger partial charge in [-0.3, -0.25) is 4.98 Å². The molecule has 0 N–H and O–H groups in total. The summed E-state index contributed by atoms with van der Waals surface area (Å²) < 4.78 is 0. The lowest BCUT2D eigenvalue weighted by Gasteiger charge is -2.19. The molecule has 7 rings (SSSR count). The smallest absolute Gasteiger partial charge is 0.0992 e. The van der Waals surface area contributed by atoms with Crippen molar-refractivity contribution in [1.29, 1.82) is 5.26 Å². The highest BCUT2D eigenvalue weighted by molar-refractivity contribution is 6.23. The molecule has 0 amide bonds. The van der Waals surface area contributed by atoms with Crippen molar-refractivity contribution in [3.63, 3.8) is 0 Å². The lowest BCUT2D eigenvalue weighted by molar-refractivity contribution is 1.31. The van der Waals surface area contributed by atoms with E-state index in [0.717, 1.165) is 16.8 Å². The Hall–Kier alpha value is -5.26. The van der Waals surface area contributed by atoms with Crippen LogP contribution in [-0.4, -0.2) is 4.98 Å². The van der Waals surface area contributed by atoms with Gasteiger partial charge in [0, 0.05) is 11.8 Å². The van der Waals surface area contributed by atoms with Crippen LogP contribution >= 0.6 is 0 Å². The first-order valence-corrected chi connectivity index (χ1v) is 12.7. The fraction of sp³-hybridized carbons (Fsp3) is 0. The predicted octanol–water partition coefficient (Wildman–Crippen LogP) is 9.41. The van der Waals surface area contributed by atoms with Crippen LogP contribution in [0, 0.1) is 11.3 Å². The van der Waals surface area contributed by atoms with Gasteiger partial charge in [-0.05, 0) is 72.8 Å². The molecule has 0 aliphatic heterocycles. The van der Waals surface area contributed by atoms with Gasteiger partial charge in [-0.15, -0.1) is 0 Å². The molecule has 0 aliphatic carbocycles. The molecule has 0 spiro atoms. The number of aromatic nitrogens is 1. The molecule has 0 fully saturated rings. The summed E-state index contributed by atoms with van der Waals surface area (Å²) in [4.78, 5) is 4.55. The molecule has 0 aliphatic rings. The Bertz CT molecular complexity index is 1980. The molecule has 0 bridgehead atoms. The van der Waals surface area contributed by atoms with Crippen LogP contribution in [0.2, 0.25) is 0 Å². The Labute approximate surface area is 221 Å². The van der Waals surface area contributed by atoms with Crippen molar-refractivity contribution in [2.75, 3.05) is 0 Å². The van der Waals surface area contributed by atoms with Crippen LogP contribution in [0.15, 0.2) is 134 Å². The largest absolute Gasteiger partial charge is 0.256 e. The number of hydrogen-bond acceptors (Lipinski definition) is 2. The van der Waals surface area contributed by atoms with E-state index in [1.807, 2.05) is 6.07 Å². The van der Waals surface area contributed by atoms with Crippen molar-refractivity contribution in [3.8, 4) is 39.6 Å². The average molecular weight is 483 g/mol. The van der Waals surface area contributed by atoms with Crippen LogP contribution in [0.5, 0.6) is 0 Å². The van der Waals surface area contributed by atoms with E-state index in [-0.39, 0.29) is 0 Å². The Kier molecular flexibility index (Phi) is 5.20. The van der Waals surface area contributed by atoms with E-state index in [1.54, 1.807) is 12.3 Å². The lowest BCUT2D eigenvalue weighted by atomic mass is 9.84. The van der Waals surface area contributed by atoms with Crippen molar-refractivity contribution >= 4 is 32.3 Å². The first kappa shape index (κ1) is 22.0. The summed E-state index contributed by atoms with van der Waals surface area (Å²) in [5.41, 5.74) is 7.24. The van der Waals surface area contributed by atoms with Gasteiger partial charge in [0.05, 0.1) is 17.3 Å². The molecule has 0 atom stereocenters. The third kappa shape index (κ3) is 3.53. The standard InChI is InChI=1S/C36H22N2/c37-23-24-19-20-38-34(21-24)26-11-7-12-27(22-26)35-30-14-3-5-16-32(30)36(33-17-6-4-15-31(33)35)29-18-8-10-25-9-1-2-13-28(25)29/h1-22H. The first-order chi connectivity index (χ1) is 18.8. The summed E-state index contributed by atoms with van der Waals surface area (Å²) >= 11 is 0. The highest BCUT2D eigenvalue weighted by Crippen LogP contribution is 2.45. The molecule has 2 nitrogen and oxygen atoms in total. The molecule has 0 saturated carbocycles. The van der Waals surface area contributed by atoms with Crippen molar-refractivity contribution in [3.05, 3.63) is 139 Å². The van der Waals surface area contributed by atoms with Crippen LogP contribution in [0.1, 0.15) is 5.56 Å². The molecule has 0 radical (unpaired) electrons. The van der Waals surface area contributed by atoms with Gasteiger partial charge in [-0.25, -0.2) is 0 Å². The zero-order chi connectivity index (χ0) is 25.5. The summed E-state index contributed by atoms with van der Waals surface area (Å²) in [5, 5.41) is 16.8. The van der Waals surface area contributed by atoms with Gasteiger partial charge in [0.25, 0.3) is 0 Å². The van der Waals surface area contributed by atoms with E-state index in [1.165, 1.54) is 49.0 Å². The predicted molar refractivity (Wildman–Crippen MR) is 158 cm³/mol. The van der Waals surface area contributed by atoms with Crippen molar-refractivity contribution in [2.24, 2.45) is 0 Å². The maximum Gasteiger partial charge on any atom is 0.0992 e. The summed E-state index contributed by atoms with van der Waals surface area (Å²) in [6, 6.07) is 46.9. The topological polar surface area (TPSA) is 36.7 Å². The fourth-order valence-electron chi connectivity index (χ4n) is 5.66. The summed E-state index contributed by atoms with van der Waals surface area (Å²) in [7, 11) is 0. The van der Waals surface area contributed by atoms with Gasteiger partial charge in [-0.2, -0.15) is 5.26 Å². The van der Waals surface area contributed by atoms with E-state index in [2.05, 4.69) is 126 Å². The molecular weight excluding hydrogens is 460 g/mol. The first-order valence-electron chi connectivity index (χ1n) is 12.7. The van der Waals surface area contributed by atoms with Gasteiger partial charge < -0.3 is 0 Å². The normalized spacial score (nSPS) is 11.1. The van der Waals surface area contributed by atoms with Gasteiger partial charge in [0.15, 0.2) is 0 Å². The zero-order valence-electron chi connectivity index (χ0n) is 20.6. The third-order valence-corrected chi connectivity index (χ3v) is 7.33. The number of benzene rings is 6. The molecular formula is C36H22N2. The van der Waals surface area contributed by atoms with Crippen molar-refractivity contribution < 1.29 is 0 Å². The molecule has 1 aromatic heterocycles. The lowest BCUT2D eigenvalue weighted by Crippen LogP contribution is -1.92. The molecule has 0 unspecified atom stereocenters. The SMILES string of the molecule is N#Cc1ccnc(-c2cccc(-c3c4ccccc4c(-c4cccc5ccccc45)c4ccccc34)c2)c1. The second-order valence-corrected chi connectivity index (χ2v) is 9.49. The molecule has 1 heterocycles. The number of hydrogen-bond donors (Lipinski definition) is 0. The second kappa shape index (κ2) is 9.00. The number of nitriles is 1. The molecule has 6 aromatic carbocycles. The number of rotatable bonds is 3. The average Bonchev–Trinajstić information content (AvgIpc) is 2.99. The van der Waals surface area contributed by atoms with Crippen molar-refractivity contribution in [2.45, 2.75) is 0 Å². The van der Waals surface area contributed by atoms with Crippen LogP contribution in [-0.2, 0) is 0 Å². The molecule has 38 heavy (non-hydrogen) atoms. The number of nitrogens with zero attached hydrogens (tertiary/aromatic N) is 2. The Morgan fingerprint density at radius 2 is 1.08 bits per heavy atom. The molecule has 0 saturated heterocycles. The van der Waals surface area contributed by atoms with Gasteiger partial charge in [-0.1, -0.05) is 109 Å². The highest BCUT2D eigenvalue weighted by Gasteiger charge is 2.18. The van der Waals surface area contributed by atoms with Gasteiger partial charge >= 0.3 is 0 Å². The minimum Gasteiger partial charge on any atom is -0.256 e. The Balaban J connectivity index is 1.56. The van der Waals surface area contributed by atoms with Gasteiger partial charge in [0.1, 0.15) is 0 Å². The fourth-order valence-corrected chi connectivity index (χ4v) is 5.66. The summed E-state index contributed by atoms with van der Waals surface area (Å²) in [5.74, 6) is 0. The number of fused-ring (bicyclic) bond motifs is 3. The minimum atomic E-state index is 0.607. The van der Waals surface area contributed by atoms with Crippen LogP contribution in [0.3, 0.4) is 0 Å². The molecule has 7 aromatic rings. The van der Waals surface area contributed by atoms with Crippen LogP contribution < -0.4 is 0 Å². The molecule has 176 valence electrons. The quantitative estimate of drug-likeness (QED) is 0.235. The Morgan fingerprint density at radius 3 is 1.79 bits per heavy atom. The zero-order valence-corrected chi connectivity index (χ0v) is 20.6. The minimum absolute atomic E-state index is 0.607. The van der Waals surface area contributed by atoms with Gasteiger partial charge in [0.2, 0.25) is 0 Å². The van der Waals surface area contributed by atoms with Crippen molar-refractivity contribution in [1.82, 2.24) is 4.98 Å². The number of pyridine rings is 1. The monoisotopic (exact) mass is 482 g/mol. The second-order valence-electron chi connectivity index (χ2n) is 9.49.